The first-order valence-electron chi connectivity index (χ1n) is 9.98. The van der Waals surface area contributed by atoms with Crippen molar-refractivity contribution in [3.8, 4) is 11.4 Å². The number of aliphatic hydroxyl groups is 1. The van der Waals surface area contributed by atoms with Gasteiger partial charge in [0.25, 0.3) is 0 Å². The van der Waals surface area contributed by atoms with Gasteiger partial charge < -0.3 is 25.0 Å². The zero-order valence-corrected chi connectivity index (χ0v) is 20.1. The number of benzene rings is 2. The molecule has 0 aliphatic carbocycles. The Kier molecular flexibility index (Phi) is 10.5. The molecule has 11 heteroatoms. The lowest BCUT2D eigenvalue weighted by atomic mass is 10.1. The van der Waals surface area contributed by atoms with E-state index in [9.17, 15) is 18.3 Å². The van der Waals surface area contributed by atoms with Gasteiger partial charge >= 0.3 is 6.61 Å². The van der Waals surface area contributed by atoms with Gasteiger partial charge in [0.15, 0.2) is 5.96 Å². The first-order chi connectivity index (χ1) is 15.5. The molecule has 3 N–H and O–H groups in total. The molecule has 0 aliphatic heterocycles. The molecule has 33 heavy (non-hydrogen) atoms. The van der Waals surface area contributed by atoms with Crippen LogP contribution in [0.3, 0.4) is 0 Å². The van der Waals surface area contributed by atoms with Crippen LogP contribution in [0.2, 0.25) is 0 Å². The molecule has 0 saturated heterocycles. The number of aliphatic hydroxyl groups excluding tert-OH is 1. The van der Waals surface area contributed by atoms with Crippen molar-refractivity contribution in [2.24, 2.45) is 4.99 Å². The number of imidazole rings is 1. The number of hydrogen-bond donors (Lipinski definition) is 3. The standard InChI is InChI=1S/C22H24F3N5O2.HI/c1-2-27-22(29-13-20(31)16-4-6-17(7-5-16)32-21(24)25)28-12-15-3-8-19(18(23)11-15)30-10-9-26-14-30;/h3-11,14,20-21,31H,2,12-13H2,1H3,(H2,27,28,29);1H. The van der Waals surface area contributed by atoms with E-state index in [0.717, 1.165) is 0 Å². The number of alkyl halides is 2. The number of rotatable bonds is 9. The zero-order chi connectivity index (χ0) is 22.9. The van der Waals surface area contributed by atoms with Crippen LogP contribution in [0.15, 0.2) is 66.2 Å². The smallest absolute Gasteiger partial charge is 0.387 e. The fraction of sp³-hybridized carbons (Fsp3) is 0.273. The molecule has 1 atom stereocenters. The summed E-state index contributed by atoms with van der Waals surface area (Å²) in [4.78, 5) is 8.34. The number of nitrogens with one attached hydrogen (secondary N) is 2. The van der Waals surface area contributed by atoms with Crippen LogP contribution in [0.25, 0.3) is 5.69 Å². The molecule has 0 bridgehead atoms. The molecule has 1 aromatic heterocycles. The molecule has 0 spiro atoms. The predicted octanol–water partition coefficient (Wildman–Crippen LogP) is 4.02. The summed E-state index contributed by atoms with van der Waals surface area (Å²) in [6.07, 6.45) is 3.86. The Bertz CT molecular complexity index is 1020. The summed E-state index contributed by atoms with van der Waals surface area (Å²) in [6, 6.07) is 10.6. The maximum Gasteiger partial charge on any atom is 0.387 e. The summed E-state index contributed by atoms with van der Waals surface area (Å²) in [6.45, 7) is -0.0483. The number of guanidine groups is 1. The molecular weight excluding hydrogens is 550 g/mol. The fourth-order valence-electron chi connectivity index (χ4n) is 2.95. The van der Waals surface area contributed by atoms with Gasteiger partial charge in [0.2, 0.25) is 0 Å². The molecule has 7 nitrogen and oxygen atoms in total. The van der Waals surface area contributed by atoms with Crippen molar-refractivity contribution in [1.29, 1.82) is 0 Å². The molecule has 178 valence electrons. The van der Waals surface area contributed by atoms with Crippen molar-refractivity contribution < 1.29 is 23.0 Å². The molecule has 0 aliphatic rings. The molecule has 0 saturated carbocycles. The van der Waals surface area contributed by atoms with E-state index in [0.29, 0.717) is 29.3 Å². The monoisotopic (exact) mass is 575 g/mol. The summed E-state index contributed by atoms with van der Waals surface area (Å²) in [7, 11) is 0. The van der Waals surface area contributed by atoms with Crippen molar-refractivity contribution in [1.82, 2.24) is 20.2 Å². The normalized spacial score (nSPS) is 12.2. The molecule has 0 fully saturated rings. The van der Waals surface area contributed by atoms with Crippen molar-refractivity contribution in [2.75, 3.05) is 13.1 Å². The van der Waals surface area contributed by atoms with E-state index in [2.05, 4.69) is 25.3 Å². The van der Waals surface area contributed by atoms with Crippen LogP contribution in [0.4, 0.5) is 13.2 Å². The third kappa shape index (κ3) is 7.93. The van der Waals surface area contributed by atoms with Gasteiger partial charge in [0.05, 0.1) is 24.7 Å². The lowest BCUT2D eigenvalue weighted by Crippen LogP contribution is -2.39. The van der Waals surface area contributed by atoms with Crippen LogP contribution < -0.4 is 15.4 Å². The van der Waals surface area contributed by atoms with Crippen LogP contribution in [0.5, 0.6) is 5.75 Å². The second kappa shape index (κ2) is 13.0. The van der Waals surface area contributed by atoms with Crippen LogP contribution in [0.1, 0.15) is 24.2 Å². The average molecular weight is 575 g/mol. The summed E-state index contributed by atoms with van der Waals surface area (Å²) < 4.78 is 44.8. The minimum Gasteiger partial charge on any atom is -0.435 e. The van der Waals surface area contributed by atoms with Crippen LogP contribution in [-0.2, 0) is 6.54 Å². The van der Waals surface area contributed by atoms with Crippen LogP contribution in [0, 0.1) is 5.82 Å². The van der Waals surface area contributed by atoms with Crippen LogP contribution in [-0.4, -0.2) is 40.3 Å². The van der Waals surface area contributed by atoms with E-state index < -0.39 is 12.7 Å². The van der Waals surface area contributed by atoms with Crippen molar-refractivity contribution >= 4 is 29.9 Å². The van der Waals surface area contributed by atoms with Crippen molar-refractivity contribution in [2.45, 2.75) is 26.2 Å². The molecule has 0 radical (unpaired) electrons. The van der Waals surface area contributed by atoms with Gasteiger partial charge in [-0.1, -0.05) is 18.2 Å². The Balaban J connectivity index is 0.00000385. The third-order valence-electron chi connectivity index (χ3n) is 4.51. The molecule has 1 unspecified atom stereocenters. The summed E-state index contributed by atoms with van der Waals surface area (Å²) in [5.74, 6) is 0.0803. The second-order valence-corrected chi connectivity index (χ2v) is 6.80. The van der Waals surface area contributed by atoms with Crippen molar-refractivity contribution in [3.05, 3.63) is 78.1 Å². The van der Waals surface area contributed by atoms with Gasteiger partial charge in [-0.15, -0.1) is 24.0 Å². The van der Waals surface area contributed by atoms with Crippen molar-refractivity contribution in [3.63, 3.8) is 0 Å². The fourth-order valence-corrected chi connectivity index (χ4v) is 2.95. The average Bonchev–Trinajstić information content (AvgIpc) is 3.30. The second-order valence-electron chi connectivity index (χ2n) is 6.80. The van der Waals surface area contributed by atoms with E-state index in [1.807, 2.05) is 6.92 Å². The first kappa shape index (κ1) is 26.5. The number of halogens is 4. The third-order valence-corrected chi connectivity index (χ3v) is 4.51. The highest BCUT2D eigenvalue weighted by Gasteiger charge is 2.11. The SMILES string of the molecule is CCNC(=NCc1ccc(-n2ccnc2)c(F)c1)NCC(O)c1ccc(OC(F)F)cc1.I. The van der Waals surface area contributed by atoms with E-state index in [1.54, 1.807) is 29.1 Å². The largest absolute Gasteiger partial charge is 0.435 e. The summed E-state index contributed by atoms with van der Waals surface area (Å²) in [5, 5.41) is 16.4. The Morgan fingerprint density at radius 1 is 1.18 bits per heavy atom. The first-order valence-corrected chi connectivity index (χ1v) is 9.98. The Morgan fingerprint density at radius 2 is 1.94 bits per heavy atom. The lowest BCUT2D eigenvalue weighted by molar-refractivity contribution is -0.0498. The number of aromatic nitrogens is 2. The van der Waals surface area contributed by atoms with Gasteiger partial charge in [0, 0.05) is 25.5 Å². The molecule has 3 aromatic rings. The minimum absolute atomic E-state index is 0. The number of hydrogen-bond acceptors (Lipinski definition) is 4. The van der Waals surface area contributed by atoms with Crippen LogP contribution >= 0.6 is 24.0 Å². The van der Waals surface area contributed by atoms with E-state index in [-0.39, 0.29) is 48.6 Å². The Labute approximate surface area is 206 Å². The summed E-state index contributed by atoms with van der Waals surface area (Å²) >= 11 is 0. The molecule has 0 amide bonds. The summed E-state index contributed by atoms with van der Waals surface area (Å²) in [5.41, 5.74) is 1.61. The molecule has 1 heterocycles. The number of ether oxygens (including phenoxy) is 1. The highest BCUT2D eigenvalue weighted by Crippen LogP contribution is 2.19. The van der Waals surface area contributed by atoms with Gasteiger partial charge in [-0.05, 0) is 42.3 Å². The van der Waals surface area contributed by atoms with Gasteiger partial charge in [-0.25, -0.2) is 14.4 Å². The molecular formula is C22H25F3IN5O2. The van der Waals surface area contributed by atoms with Gasteiger partial charge in [0.1, 0.15) is 11.6 Å². The Morgan fingerprint density at radius 3 is 2.55 bits per heavy atom. The lowest BCUT2D eigenvalue weighted by Gasteiger charge is -2.16. The number of aliphatic imine (C=N–C) groups is 1. The topological polar surface area (TPSA) is 83.7 Å². The predicted molar refractivity (Wildman–Crippen MR) is 130 cm³/mol. The molecule has 2 aromatic carbocycles. The maximum absolute atomic E-state index is 14.4. The number of nitrogens with zero attached hydrogens (tertiary/aromatic N) is 3. The Hall–Kier alpha value is -2.80. The van der Waals surface area contributed by atoms with Gasteiger partial charge in [-0.3, -0.25) is 0 Å². The highest BCUT2D eigenvalue weighted by atomic mass is 127. The van der Waals surface area contributed by atoms with Gasteiger partial charge in [-0.2, -0.15) is 8.78 Å². The maximum atomic E-state index is 14.4. The quantitative estimate of drug-likeness (QED) is 0.204. The van der Waals surface area contributed by atoms with E-state index >= 15 is 0 Å². The van der Waals surface area contributed by atoms with E-state index in [4.69, 9.17) is 0 Å². The minimum atomic E-state index is -2.90. The zero-order valence-electron chi connectivity index (χ0n) is 17.8. The molecule has 3 rings (SSSR count). The van der Waals surface area contributed by atoms with E-state index in [1.165, 1.54) is 36.7 Å². The highest BCUT2D eigenvalue weighted by molar-refractivity contribution is 14.0.